The Labute approximate surface area is 70.9 Å². The maximum Gasteiger partial charge on any atom is 0.287 e. The van der Waals surface area contributed by atoms with Gasteiger partial charge in [0.15, 0.2) is 5.58 Å². The number of benzene rings is 1. The minimum absolute atomic E-state index is 0.102. The topological polar surface area (TPSA) is 89.1 Å². The van der Waals surface area contributed by atoms with Gasteiger partial charge < -0.3 is 4.52 Å². The number of nitrogens with zero attached hydrogens (tertiary/aromatic N) is 1. The van der Waals surface area contributed by atoms with Crippen LogP contribution in [0.5, 0.6) is 0 Å². The predicted octanol–water partition coefficient (Wildman–Crippen LogP) is 1.03. The molecular formula is C7H4N2O4. The first-order valence-corrected chi connectivity index (χ1v) is 3.44. The Morgan fingerprint density at radius 2 is 2.23 bits per heavy atom. The van der Waals surface area contributed by atoms with Gasteiger partial charge in [-0.1, -0.05) is 0 Å². The lowest BCUT2D eigenvalue weighted by Crippen LogP contribution is -1.96. The molecule has 0 saturated carbocycles. The van der Waals surface area contributed by atoms with Crippen LogP contribution in [-0.2, 0) is 0 Å². The van der Waals surface area contributed by atoms with E-state index in [0.29, 0.717) is 5.39 Å². The summed E-state index contributed by atoms with van der Waals surface area (Å²) < 4.78 is 4.70. The van der Waals surface area contributed by atoms with Crippen molar-refractivity contribution in [2.45, 2.75) is 0 Å². The number of H-pyrrole nitrogens is 1. The first-order chi connectivity index (χ1) is 6.18. The number of rotatable bonds is 1. The van der Waals surface area contributed by atoms with Crippen molar-refractivity contribution >= 4 is 16.7 Å². The summed E-state index contributed by atoms with van der Waals surface area (Å²) in [4.78, 5) is 20.7. The molecule has 0 spiro atoms. The smallest absolute Gasteiger partial charge is 0.287 e. The summed E-state index contributed by atoms with van der Waals surface area (Å²) in [6, 6.07) is 3.82. The summed E-state index contributed by atoms with van der Waals surface area (Å²) in [6.45, 7) is 0. The van der Waals surface area contributed by atoms with Crippen LogP contribution in [0.2, 0.25) is 0 Å². The van der Waals surface area contributed by atoms with Gasteiger partial charge in [-0.2, -0.15) is 5.16 Å². The summed E-state index contributed by atoms with van der Waals surface area (Å²) in [7, 11) is 0. The lowest BCUT2D eigenvalue weighted by Gasteiger charge is -1.87. The maximum atomic E-state index is 10.9. The van der Waals surface area contributed by atoms with Gasteiger partial charge in [0, 0.05) is 6.07 Å². The lowest BCUT2D eigenvalue weighted by molar-refractivity contribution is -0.384. The molecule has 0 unspecified atom stereocenters. The molecule has 1 aromatic carbocycles. The third-order valence-electron chi connectivity index (χ3n) is 1.67. The Balaban J connectivity index is 2.77. The molecule has 0 fully saturated rings. The van der Waals surface area contributed by atoms with E-state index < -0.39 is 4.92 Å². The highest BCUT2D eigenvalue weighted by atomic mass is 16.6. The largest absolute Gasteiger partial charge is 0.378 e. The van der Waals surface area contributed by atoms with Crippen molar-refractivity contribution < 1.29 is 9.45 Å². The van der Waals surface area contributed by atoms with Gasteiger partial charge in [-0.05, 0) is 6.07 Å². The number of nitro benzene ring substituents is 1. The van der Waals surface area contributed by atoms with E-state index in [1.807, 2.05) is 0 Å². The van der Waals surface area contributed by atoms with Crippen LogP contribution in [0.1, 0.15) is 0 Å². The summed E-state index contributed by atoms with van der Waals surface area (Å²) in [5, 5.41) is 12.7. The van der Waals surface area contributed by atoms with Crippen molar-refractivity contribution in [2.75, 3.05) is 0 Å². The molecular weight excluding hydrogens is 176 g/mol. The van der Waals surface area contributed by atoms with Crippen LogP contribution in [0.4, 0.5) is 5.69 Å². The Bertz CT molecular complexity index is 525. The van der Waals surface area contributed by atoms with Crippen LogP contribution in [0, 0.1) is 10.1 Å². The number of nitrogens with one attached hydrogen (secondary N) is 1. The van der Waals surface area contributed by atoms with Crippen molar-refractivity contribution in [3.63, 3.8) is 0 Å². The molecule has 1 aromatic heterocycles. The number of hydrogen-bond acceptors (Lipinski definition) is 4. The Morgan fingerprint density at radius 3 is 2.92 bits per heavy atom. The second kappa shape index (κ2) is 2.44. The summed E-state index contributed by atoms with van der Waals surface area (Å²) in [6.07, 6.45) is 0. The lowest BCUT2D eigenvalue weighted by atomic mass is 10.2. The molecule has 0 aliphatic carbocycles. The zero-order valence-corrected chi connectivity index (χ0v) is 6.31. The van der Waals surface area contributed by atoms with Gasteiger partial charge in [0.05, 0.1) is 16.4 Å². The van der Waals surface area contributed by atoms with E-state index in [1.54, 1.807) is 0 Å². The molecule has 6 nitrogen and oxygen atoms in total. The summed E-state index contributed by atoms with van der Waals surface area (Å²) >= 11 is 0. The number of fused-ring (bicyclic) bond motifs is 1. The quantitative estimate of drug-likeness (QED) is 0.524. The van der Waals surface area contributed by atoms with Gasteiger partial charge in [-0.25, -0.2) is 0 Å². The van der Waals surface area contributed by atoms with Gasteiger partial charge in [0.2, 0.25) is 0 Å². The Morgan fingerprint density at radius 1 is 1.46 bits per heavy atom. The molecule has 6 heteroatoms. The number of non-ortho nitro benzene ring substituents is 1. The second-order valence-electron chi connectivity index (χ2n) is 2.47. The van der Waals surface area contributed by atoms with Crippen molar-refractivity contribution in [3.05, 3.63) is 38.7 Å². The third kappa shape index (κ3) is 1.08. The van der Waals surface area contributed by atoms with Crippen molar-refractivity contribution in [1.29, 1.82) is 0 Å². The molecule has 0 bridgehead atoms. The van der Waals surface area contributed by atoms with E-state index in [9.17, 15) is 14.9 Å². The zero-order valence-electron chi connectivity index (χ0n) is 6.31. The van der Waals surface area contributed by atoms with E-state index >= 15 is 0 Å². The van der Waals surface area contributed by atoms with Crippen LogP contribution in [0.15, 0.2) is 27.5 Å². The van der Waals surface area contributed by atoms with Gasteiger partial charge in [-0.3, -0.25) is 14.9 Å². The average molecular weight is 180 g/mol. The van der Waals surface area contributed by atoms with Crippen LogP contribution < -0.4 is 5.56 Å². The number of aromatic amines is 1. The van der Waals surface area contributed by atoms with Crippen molar-refractivity contribution in [2.24, 2.45) is 0 Å². The highest BCUT2D eigenvalue weighted by Crippen LogP contribution is 2.17. The average Bonchev–Trinajstić information content (AvgIpc) is 2.47. The highest BCUT2D eigenvalue weighted by Gasteiger charge is 2.09. The SMILES string of the molecule is O=c1[nH]oc2cc([N+](=O)[O-])ccc12. The molecule has 2 rings (SSSR count). The first kappa shape index (κ1) is 7.53. The molecule has 0 radical (unpaired) electrons. The summed E-state index contributed by atoms with van der Waals surface area (Å²) in [5.74, 6) is 0. The van der Waals surface area contributed by atoms with Crippen molar-refractivity contribution in [3.8, 4) is 0 Å². The van der Waals surface area contributed by atoms with E-state index in [1.165, 1.54) is 18.2 Å². The standard InChI is InChI=1S/C7H4N2O4/c10-7-5-2-1-4(9(11)12)3-6(5)13-8-7/h1-3H,(H,8,10). The minimum Gasteiger partial charge on any atom is -0.378 e. The summed E-state index contributed by atoms with van der Waals surface area (Å²) in [5.41, 5.74) is -0.292. The Hall–Kier alpha value is -2.11. The Kier molecular flexibility index (Phi) is 1.42. The van der Waals surface area contributed by atoms with E-state index in [0.717, 1.165) is 0 Å². The van der Waals surface area contributed by atoms with Gasteiger partial charge >= 0.3 is 0 Å². The van der Waals surface area contributed by atoms with Gasteiger partial charge in [0.25, 0.3) is 11.2 Å². The number of nitro groups is 1. The predicted molar refractivity (Wildman–Crippen MR) is 43.5 cm³/mol. The molecule has 0 saturated heterocycles. The number of aromatic nitrogens is 1. The van der Waals surface area contributed by atoms with Crippen LogP contribution >= 0.6 is 0 Å². The normalized spacial score (nSPS) is 10.5. The second-order valence-corrected chi connectivity index (χ2v) is 2.47. The first-order valence-electron chi connectivity index (χ1n) is 3.44. The van der Waals surface area contributed by atoms with Gasteiger partial charge in [-0.15, -0.1) is 0 Å². The van der Waals surface area contributed by atoms with E-state index in [-0.39, 0.29) is 16.8 Å². The maximum absolute atomic E-state index is 10.9. The van der Waals surface area contributed by atoms with E-state index in [2.05, 4.69) is 5.16 Å². The molecule has 1 heterocycles. The van der Waals surface area contributed by atoms with E-state index in [4.69, 9.17) is 4.52 Å². The minimum atomic E-state index is -0.549. The molecule has 13 heavy (non-hydrogen) atoms. The fourth-order valence-corrected chi connectivity index (χ4v) is 1.05. The highest BCUT2D eigenvalue weighted by molar-refractivity contribution is 5.78. The fraction of sp³-hybridized carbons (Fsp3) is 0. The third-order valence-corrected chi connectivity index (χ3v) is 1.67. The number of hydrogen-bond donors (Lipinski definition) is 1. The molecule has 1 N–H and O–H groups in total. The molecule has 0 amide bonds. The molecule has 0 aliphatic rings. The molecule has 2 aromatic rings. The monoisotopic (exact) mass is 180 g/mol. The molecule has 66 valence electrons. The van der Waals surface area contributed by atoms with Gasteiger partial charge in [0.1, 0.15) is 0 Å². The zero-order chi connectivity index (χ0) is 9.42. The van der Waals surface area contributed by atoms with Crippen molar-refractivity contribution in [1.82, 2.24) is 5.16 Å². The van der Waals surface area contributed by atoms with Crippen LogP contribution in [0.25, 0.3) is 11.0 Å². The fourth-order valence-electron chi connectivity index (χ4n) is 1.05. The molecule has 0 atom stereocenters. The van der Waals surface area contributed by atoms with Crippen LogP contribution in [0.3, 0.4) is 0 Å². The van der Waals surface area contributed by atoms with Crippen LogP contribution in [-0.4, -0.2) is 10.1 Å². The molecule has 0 aliphatic heterocycles.